The van der Waals surface area contributed by atoms with Gasteiger partial charge in [0, 0.05) is 19.1 Å². The lowest BCUT2D eigenvalue weighted by Crippen LogP contribution is -2.48. The van der Waals surface area contributed by atoms with E-state index in [1.807, 2.05) is 66.8 Å². The molecule has 154 valence electrons. The second-order valence-corrected chi connectivity index (χ2v) is 9.40. The Bertz CT molecular complexity index is 972. The van der Waals surface area contributed by atoms with Crippen LogP contribution in [-0.2, 0) is 18.4 Å². The molecule has 0 aliphatic rings. The van der Waals surface area contributed by atoms with Gasteiger partial charge in [-0.15, -0.1) is 10.2 Å². The first-order chi connectivity index (χ1) is 13.7. The van der Waals surface area contributed by atoms with E-state index < -0.39 is 0 Å². The van der Waals surface area contributed by atoms with Crippen LogP contribution in [0.15, 0.2) is 52.2 Å². The van der Waals surface area contributed by atoms with Gasteiger partial charge in [0.25, 0.3) is 0 Å². The third-order valence-electron chi connectivity index (χ3n) is 4.82. The zero-order valence-electron chi connectivity index (χ0n) is 17.8. The quantitative estimate of drug-likeness (QED) is 0.550. The fraction of sp³-hybridized carbons (Fsp3) is 0.409. The van der Waals surface area contributed by atoms with Crippen molar-refractivity contribution >= 4 is 17.7 Å². The molecule has 0 radical (unpaired) electrons. The van der Waals surface area contributed by atoms with Gasteiger partial charge in [0.2, 0.25) is 5.91 Å². The Balaban J connectivity index is 1.78. The Kier molecular flexibility index (Phi) is 6.17. The molecule has 7 heteroatoms. The van der Waals surface area contributed by atoms with E-state index in [1.54, 1.807) is 6.26 Å². The molecule has 0 N–H and O–H groups in total. The predicted molar refractivity (Wildman–Crippen MR) is 116 cm³/mol. The first-order valence-electron chi connectivity index (χ1n) is 9.64. The number of benzene rings is 1. The van der Waals surface area contributed by atoms with Crippen molar-refractivity contribution in [2.75, 3.05) is 0 Å². The number of hydrogen-bond donors (Lipinski definition) is 0. The summed E-state index contributed by atoms with van der Waals surface area (Å²) in [6.07, 6.45) is 1.64. The van der Waals surface area contributed by atoms with Crippen LogP contribution in [0.5, 0.6) is 0 Å². The van der Waals surface area contributed by atoms with Gasteiger partial charge in [0.05, 0.1) is 17.1 Å². The van der Waals surface area contributed by atoms with Crippen molar-refractivity contribution in [2.45, 2.75) is 57.1 Å². The van der Waals surface area contributed by atoms with Crippen LogP contribution in [0.3, 0.4) is 0 Å². The van der Waals surface area contributed by atoms with Gasteiger partial charge in [-0.1, -0.05) is 42.1 Å². The van der Waals surface area contributed by atoms with Crippen LogP contribution in [0, 0.1) is 6.92 Å². The highest BCUT2D eigenvalue weighted by Crippen LogP contribution is 2.30. The van der Waals surface area contributed by atoms with E-state index in [2.05, 4.69) is 31.0 Å². The van der Waals surface area contributed by atoms with Crippen LogP contribution < -0.4 is 0 Å². The molecular formula is C22H28N4O2S. The normalized spacial score (nSPS) is 12.8. The van der Waals surface area contributed by atoms with Crippen LogP contribution in [-0.4, -0.2) is 36.4 Å². The van der Waals surface area contributed by atoms with Gasteiger partial charge in [0.1, 0.15) is 5.76 Å². The lowest BCUT2D eigenvalue weighted by Gasteiger charge is -2.37. The lowest BCUT2D eigenvalue weighted by molar-refractivity contribution is -0.135. The van der Waals surface area contributed by atoms with E-state index in [0.29, 0.717) is 11.7 Å². The molecule has 0 saturated heterocycles. The molecule has 1 atom stereocenters. The molecule has 0 aliphatic heterocycles. The number of hydrogen-bond acceptors (Lipinski definition) is 5. The smallest absolute Gasteiger partial charge is 0.236 e. The Morgan fingerprint density at radius 2 is 1.90 bits per heavy atom. The number of thioether (sulfide) groups is 1. The summed E-state index contributed by atoms with van der Waals surface area (Å²) in [4.78, 5) is 15.3. The van der Waals surface area contributed by atoms with E-state index in [4.69, 9.17) is 4.42 Å². The van der Waals surface area contributed by atoms with Gasteiger partial charge in [-0.05, 0) is 46.2 Å². The molecule has 0 saturated carbocycles. The maximum Gasteiger partial charge on any atom is 0.236 e. The molecule has 2 aromatic heterocycles. The zero-order chi connectivity index (χ0) is 21.2. The summed E-state index contributed by atoms with van der Waals surface area (Å²) < 4.78 is 7.29. The number of aromatic nitrogens is 3. The van der Waals surface area contributed by atoms with Crippen molar-refractivity contribution in [3.8, 4) is 11.4 Å². The fourth-order valence-electron chi connectivity index (χ4n) is 3.11. The molecule has 1 amide bonds. The minimum atomic E-state index is -0.292. The summed E-state index contributed by atoms with van der Waals surface area (Å²) in [6, 6.07) is 12.0. The van der Waals surface area contributed by atoms with Crippen molar-refractivity contribution in [1.82, 2.24) is 19.7 Å². The number of nitrogens with zero attached hydrogens (tertiary/aromatic N) is 4. The highest BCUT2D eigenvalue weighted by molar-refractivity contribution is 8.00. The predicted octanol–water partition coefficient (Wildman–Crippen LogP) is 4.69. The van der Waals surface area contributed by atoms with Crippen LogP contribution in [0.1, 0.15) is 39.0 Å². The van der Waals surface area contributed by atoms with Gasteiger partial charge >= 0.3 is 0 Å². The van der Waals surface area contributed by atoms with E-state index >= 15 is 0 Å². The summed E-state index contributed by atoms with van der Waals surface area (Å²) in [5, 5.41) is 9.02. The number of aryl methyl sites for hydroxylation is 1. The molecule has 2 heterocycles. The number of amides is 1. The number of carbonyl (C=O) groups excluding carboxylic acids is 1. The fourth-order valence-corrected chi connectivity index (χ4v) is 3.99. The summed E-state index contributed by atoms with van der Waals surface area (Å²) in [5.41, 5.74) is 1.73. The topological polar surface area (TPSA) is 64.2 Å². The first kappa shape index (κ1) is 21.2. The van der Waals surface area contributed by atoms with E-state index in [1.165, 1.54) is 11.8 Å². The van der Waals surface area contributed by atoms with Gasteiger partial charge < -0.3 is 13.9 Å². The van der Waals surface area contributed by atoms with Crippen molar-refractivity contribution in [3.05, 3.63) is 54.0 Å². The van der Waals surface area contributed by atoms with E-state index in [9.17, 15) is 4.79 Å². The standard InChI is InChI=1S/C22H28N4O2S/c1-15-18(12-13-28-15)19-23-24-21(25(19)6)29-16(2)20(27)26(22(3,4)5)14-17-10-8-7-9-11-17/h7-13,16H,14H2,1-6H3/t16-/m1/s1. The molecule has 29 heavy (non-hydrogen) atoms. The molecular weight excluding hydrogens is 384 g/mol. The maximum absolute atomic E-state index is 13.3. The number of furan rings is 1. The average molecular weight is 413 g/mol. The second kappa shape index (κ2) is 8.45. The SMILES string of the molecule is Cc1occc1-c1nnc(S[C@H](C)C(=O)N(Cc2ccccc2)C(C)(C)C)n1C. The minimum Gasteiger partial charge on any atom is -0.469 e. The van der Waals surface area contributed by atoms with Crippen LogP contribution in [0.2, 0.25) is 0 Å². The third-order valence-corrected chi connectivity index (χ3v) is 5.95. The molecule has 3 aromatic rings. The molecule has 6 nitrogen and oxygen atoms in total. The zero-order valence-corrected chi connectivity index (χ0v) is 18.7. The molecule has 3 rings (SSSR count). The first-order valence-corrected chi connectivity index (χ1v) is 10.5. The summed E-state index contributed by atoms with van der Waals surface area (Å²) in [6.45, 7) is 10.6. The van der Waals surface area contributed by atoms with Gasteiger partial charge in [-0.25, -0.2) is 0 Å². The highest BCUT2D eigenvalue weighted by Gasteiger charge is 2.31. The second-order valence-electron chi connectivity index (χ2n) is 8.10. The summed E-state index contributed by atoms with van der Waals surface area (Å²) >= 11 is 1.42. The molecule has 1 aromatic carbocycles. The molecule has 0 bridgehead atoms. The van der Waals surface area contributed by atoms with Gasteiger partial charge in [-0.2, -0.15) is 0 Å². The van der Waals surface area contributed by atoms with Crippen molar-refractivity contribution in [3.63, 3.8) is 0 Å². The largest absolute Gasteiger partial charge is 0.469 e. The molecule has 0 fully saturated rings. The van der Waals surface area contributed by atoms with Crippen molar-refractivity contribution in [1.29, 1.82) is 0 Å². The van der Waals surface area contributed by atoms with Gasteiger partial charge in [0.15, 0.2) is 11.0 Å². The van der Waals surface area contributed by atoms with Crippen LogP contribution in [0.25, 0.3) is 11.4 Å². The van der Waals surface area contributed by atoms with Crippen molar-refractivity contribution < 1.29 is 9.21 Å². The summed E-state index contributed by atoms with van der Waals surface area (Å²) in [7, 11) is 1.91. The average Bonchev–Trinajstić information content (AvgIpc) is 3.24. The molecule has 0 spiro atoms. The van der Waals surface area contributed by atoms with Crippen LogP contribution >= 0.6 is 11.8 Å². The Hall–Kier alpha value is -2.54. The highest BCUT2D eigenvalue weighted by atomic mass is 32.2. The maximum atomic E-state index is 13.3. The monoisotopic (exact) mass is 412 g/mol. The van der Waals surface area contributed by atoms with Crippen molar-refractivity contribution in [2.24, 2.45) is 7.05 Å². The van der Waals surface area contributed by atoms with E-state index in [0.717, 1.165) is 22.7 Å². The lowest BCUT2D eigenvalue weighted by atomic mass is 10.0. The Labute approximate surface area is 176 Å². The summed E-state index contributed by atoms with van der Waals surface area (Å²) in [5.74, 6) is 1.61. The number of carbonyl (C=O) groups is 1. The van der Waals surface area contributed by atoms with E-state index in [-0.39, 0.29) is 16.7 Å². The molecule has 0 unspecified atom stereocenters. The molecule has 0 aliphatic carbocycles. The minimum absolute atomic E-state index is 0.0791. The Morgan fingerprint density at radius 1 is 1.21 bits per heavy atom. The Morgan fingerprint density at radius 3 is 2.48 bits per heavy atom. The van der Waals surface area contributed by atoms with Gasteiger partial charge in [-0.3, -0.25) is 4.79 Å². The third kappa shape index (κ3) is 4.72. The van der Waals surface area contributed by atoms with Crippen LogP contribution in [0.4, 0.5) is 0 Å². The number of rotatable bonds is 6.